The highest BCUT2D eigenvalue weighted by molar-refractivity contribution is 6.33. The van der Waals surface area contributed by atoms with Gasteiger partial charge >= 0.3 is 6.03 Å². The minimum atomic E-state index is -0.762. The van der Waals surface area contributed by atoms with Crippen LogP contribution in [-0.4, -0.2) is 29.2 Å². The first kappa shape index (κ1) is 12.7. The Balaban J connectivity index is 1.73. The molecule has 2 unspecified atom stereocenters. The molecule has 0 aliphatic carbocycles. The lowest BCUT2D eigenvalue weighted by Crippen LogP contribution is -2.49. The maximum Gasteiger partial charge on any atom is 0.322 e. The molecule has 3 rings (SSSR count). The number of nitrogens with zero attached hydrogens (tertiary/aromatic N) is 1. The molecular formula is C14H16ClFN2O. The van der Waals surface area contributed by atoms with Crippen molar-refractivity contribution in [2.24, 2.45) is 0 Å². The summed E-state index contributed by atoms with van der Waals surface area (Å²) >= 11 is 6.03. The average molecular weight is 283 g/mol. The van der Waals surface area contributed by atoms with Gasteiger partial charge in [0.25, 0.3) is 0 Å². The van der Waals surface area contributed by atoms with Gasteiger partial charge < -0.3 is 10.2 Å². The number of alkyl halides is 1. The number of benzene rings is 1. The molecule has 2 heterocycles. The number of carbonyl (C=O) groups excluding carboxylic acids is 1. The van der Waals surface area contributed by atoms with E-state index in [1.54, 1.807) is 17.0 Å². The van der Waals surface area contributed by atoms with Crippen molar-refractivity contribution in [3.05, 3.63) is 29.3 Å². The summed E-state index contributed by atoms with van der Waals surface area (Å²) in [6.45, 7) is 0. The van der Waals surface area contributed by atoms with E-state index in [-0.39, 0.29) is 18.1 Å². The Morgan fingerprint density at radius 2 is 1.89 bits per heavy atom. The first-order valence-electron chi connectivity index (χ1n) is 6.63. The van der Waals surface area contributed by atoms with Gasteiger partial charge in [0.2, 0.25) is 0 Å². The van der Waals surface area contributed by atoms with E-state index in [1.165, 1.54) is 0 Å². The molecule has 1 aromatic carbocycles. The Morgan fingerprint density at radius 1 is 1.26 bits per heavy atom. The van der Waals surface area contributed by atoms with Crippen LogP contribution < -0.4 is 5.32 Å². The summed E-state index contributed by atoms with van der Waals surface area (Å²) in [6.07, 6.45) is 1.97. The predicted octanol–water partition coefficient (Wildman–Crippen LogP) is 3.84. The summed E-state index contributed by atoms with van der Waals surface area (Å²) in [5.41, 5.74) is 0.607. The fraction of sp³-hybridized carbons (Fsp3) is 0.500. The van der Waals surface area contributed by atoms with Crippen LogP contribution in [0.4, 0.5) is 14.9 Å². The maximum atomic E-state index is 13.5. The summed E-state index contributed by atoms with van der Waals surface area (Å²) < 4.78 is 13.5. The fourth-order valence-corrected chi connectivity index (χ4v) is 3.37. The number of urea groups is 1. The number of anilines is 1. The third-order valence-electron chi connectivity index (χ3n) is 4.03. The van der Waals surface area contributed by atoms with E-state index in [4.69, 9.17) is 11.6 Å². The molecule has 1 N–H and O–H groups in total. The highest BCUT2D eigenvalue weighted by atomic mass is 35.5. The van der Waals surface area contributed by atoms with Crippen LogP contribution in [0.5, 0.6) is 0 Å². The van der Waals surface area contributed by atoms with E-state index in [0.29, 0.717) is 23.6 Å². The normalized spacial score (nSPS) is 29.4. The van der Waals surface area contributed by atoms with Gasteiger partial charge in [-0.2, -0.15) is 0 Å². The molecule has 0 radical (unpaired) electrons. The van der Waals surface area contributed by atoms with E-state index in [9.17, 15) is 9.18 Å². The van der Waals surface area contributed by atoms with Crippen molar-refractivity contribution in [1.29, 1.82) is 0 Å². The Morgan fingerprint density at radius 3 is 2.53 bits per heavy atom. The fourth-order valence-electron chi connectivity index (χ4n) is 3.18. The standard InChI is InChI=1S/C14H16ClFN2O/c15-12-3-1-2-4-13(12)17-14(19)18-10-5-6-11(18)8-9(16)7-10/h1-4,9-11H,5-8H2,(H,17,19). The number of fused-ring (bicyclic) bond motifs is 2. The molecule has 2 fully saturated rings. The number of amides is 2. The minimum absolute atomic E-state index is 0.0382. The van der Waals surface area contributed by atoms with E-state index < -0.39 is 6.17 Å². The average Bonchev–Trinajstić information content (AvgIpc) is 2.65. The summed E-state index contributed by atoms with van der Waals surface area (Å²) in [4.78, 5) is 14.1. The number of piperidine rings is 1. The Labute approximate surface area is 116 Å². The van der Waals surface area contributed by atoms with Crippen molar-refractivity contribution in [2.45, 2.75) is 43.9 Å². The number of para-hydroxylation sites is 1. The molecule has 0 spiro atoms. The van der Waals surface area contributed by atoms with Crippen molar-refractivity contribution in [1.82, 2.24) is 4.90 Å². The number of hydrogen-bond donors (Lipinski definition) is 1. The van der Waals surface area contributed by atoms with Gasteiger partial charge in [0.05, 0.1) is 10.7 Å². The Hall–Kier alpha value is -1.29. The zero-order chi connectivity index (χ0) is 13.4. The molecule has 2 amide bonds. The molecule has 19 heavy (non-hydrogen) atoms. The van der Waals surface area contributed by atoms with Crippen LogP contribution in [0, 0.1) is 0 Å². The van der Waals surface area contributed by atoms with Crippen molar-refractivity contribution < 1.29 is 9.18 Å². The summed E-state index contributed by atoms with van der Waals surface area (Å²) in [5, 5.41) is 3.35. The van der Waals surface area contributed by atoms with E-state index >= 15 is 0 Å². The SMILES string of the molecule is O=C(Nc1ccccc1Cl)N1C2CCC1CC(F)C2. The third kappa shape index (κ3) is 2.41. The smallest absolute Gasteiger partial charge is 0.318 e. The molecule has 0 saturated carbocycles. The first-order chi connectivity index (χ1) is 9.15. The van der Waals surface area contributed by atoms with Crippen LogP contribution in [0.1, 0.15) is 25.7 Å². The van der Waals surface area contributed by atoms with Gasteiger partial charge in [-0.3, -0.25) is 0 Å². The van der Waals surface area contributed by atoms with Gasteiger partial charge in [-0.1, -0.05) is 23.7 Å². The second-order valence-electron chi connectivity index (χ2n) is 5.27. The molecule has 102 valence electrons. The Bertz CT molecular complexity index is 482. The molecular weight excluding hydrogens is 267 g/mol. The molecule has 2 atom stereocenters. The number of carbonyl (C=O) groups is 1. The van der Waals surface area contributed by atoms with Crippen LogP contribution in [0.3, 0.4) is 0 Å². The number of halogens is 2. The van der Waals surface area contributed by atoms with Gasteiger partial charge in [-0.05, 0) is 37.8 Å². The van der Waals surface area contributed by atoms with Gasteiger partial charge in [-0.25, -0.2) is 9.18 Å². The van der Waals surface area contributed by atoms with Gasteiger partial charge in [0.15, 0.2) is 0 Å². The number of rotatable bonds is 1. The maximum absolute atomic E-state index is 13.5. The summed E-state index contributed by atoms with van der Waals surface area (Å²) in [5.74, 6) is 0. The second-order valence-corrected chi connectivity index (χ2v) is 5.68. The highest BCUT2D eigenvalue weighted by Gasteiger charge is 2.43. The van der Waals surface area contributed by atoms with Crippen LogP contribution >= 0.6 is 11.6 Å². The molecule has 0 aromatic heterocycles. The molecule has 2 saturated heterocycles. The largest absolute Gasteiger partial charge is 0.322 e. The van der Waals surface area contributed by atoms with Crippen LogP contribution in [0.15, 0.2) is 24.3 Å². The van der Waals surface area contributed by atoms with Gasteiger partial charge in [0, 0.05) is 12.1 Å². The van der Waals surface area contributed by atoms with Crippen molar-refractivity contribution >= 4 is 23.3 Å². The van der Waals surface area contributed by atoms with Crippen LogP contribution in [-0.2, 0) is 0 Å². The Kier molecular flexibility index (Phi) is 3.35. The summed E-state index contributed by atoms with van der Waals surface area (Å²) in [7, 11) is 0. The number of hydrogen-bond acceptors (Lipinski definition) is 1. The molecule has 2 aliphatic heterocycles. The topological polar surface area (TPSA) is 32.3 Å². The molecule has 2 bridgehead atoms. The van der Waals surface area contributed by atoms with E-state index in [1.807, 2.05) is 12.1 Å². The lowest BCUT2D eigenvalue weighted by Gasteiger charge is -2.36. The van der Waals surface area contributed by atoms with Crippen LogP contribution in [0.2, 0.25) is 5.02 Å². The molecule has 5 heteroatoms. The zero-order valence-electron chi connectivity index (χ0n) is 10.5. The molecule has 3 nitrogen and oxygen atoms in total. The zero-order valence-corrected chi connectivity index (χ0v) is 11.2. The highest BCUT2D eigenvalue weighted by Crippen LogP contribution is 2.37. The van der Waals surface area contributed by atoms with Crippen molar-refractivity contribution in [2.75, 3.05) is 5.32 Å². The molecule has 2 aliphatic rings. The predicted molar refractivity (Wildman–Crippen MR) is 73.2 cm³/mol. The monoisotopic (exact) mass is 282 g/mol. The summed E-state index contributed by atoms with van der Waals surface area (Å²) in [6, 6.07) is 7.06. The van der Waals surface area contributed by atoms with Gasteiger partial charge in [-0.15, -0.1) is 0 Å². The lowest BCUT2D eigenvalue weighted by molar-refractivity contribution is 0.110. The van der Waals surface area contributed by atoms with Crippen LogP contribution in [0.25, 0.3) is 0 Å². The second kappa shape index (κ2) is 5.00. The first-order valence-corrected chi connectivity index (χ1v) is 7.01. The quantitative estimate of drug-likeness (QED) is 0.834. The van der Waals surface area contributed by atoms with Gasteiger partial charge in [0.1, 0.15) is 6.17 Å². The minimum Gasteiger partial charge on any atom is -0.318 e. The van der Waals surface area contributed by atoms with Crippen molar-refractivity contribution in [3.8, 4) is 0 Å². The van der Waals surface area contributed by atoms with E-state index in [0.717, 1.165) is 12.8 Å². The van der Waals surface area contributed by atoms with E-state index in [2.05, 4.69) is 5.32 Å². The lowest BCUT2D eigenvalue weighted by atomic mass is 10.0. The molecule has 1 aromatic rings. The van der Waals surface area contributed by atoms with Crippen molar-refractivity contribution in [3.63, 3.8) is 0 Å². The third-order valence-corrected chi connectivity index (χ3v) is 4.36. The number of nitrogens with one attached hydrogen (secondary N) is 1.